The van der Waals surface area contributed by atoms with Gasteiger partial charge in [0.1, 0.15) is 12.7 Å². The van der Waals surface area contributed by atoms with Crippen molar-refractivity contribution in [3.8, 4) is 0 Å². The maximum absolute atomic E-state index is 14.1. The van der Waals surface area contributed by atoms with Crippen LogP contribution in [0.2, 0.25) is 0 Å². The smallest absolute Gasteiger partial charge is 0.384 e. The third-order valence-corrected chi connectivity index (χ3v) is 4.05. The number of hydrogen-bond acceptors (Lipinski definition) is 4. The SMILES string of the molecule is C=C(C)C(=O)OC[C@@H](CC(F)(F)C(F)(F)C(F)(F)C(F)(F)C(F)(F)C(C)(F)F)OC(=O)C(=C)C. The van der Waals surface area contributed by atoms with Crippen molar-refractivity contribution in [2.24, 2.45) is 0 Å². The van der Waals surface area contributed by atoms with Gasteiger partial charge in [0, 0.05) is 18.1 Å². The van der Waals surface area contributed by atoms with Crippen LogP contribution in [0.15, 0.2) is 24.3 Å². The Bertz CT molecular complexity index is 814. The van der Waals surface area contributed by atoms with Gasteiger partial charge in [-0.05, 0) is 13.8 Å². The zero-order valence-corrected chi connectivity index (χ0v) is 17.6. The molecule has 0 aliphatic carbocycles. The predicted molar refractivity (Wildman–Crippen MR) is 90.4 cm³/mol. The third-order valence-electron chi connectivity index (χ3n) is 4.05. The lowest BCUT2D eigenvalue weighted by atomic mass is 9.90. The van der Waals surface area contributed by atoms with E-state index in [4.69, 9.17) is 0 Å². The van der Waals surface area contributed by atoms with Crippen molar-refractivity contribution in [2.45, 2.75) is 68.8 Å². The fourth-order valence-electron chi connectivity index (χ4n) is 1.99. The molecular weight excluding hydrogens is 508 g/mol. The number of alkyl halides is 12. The van der Waals surface area contributed by atoms with Gasteiger partial charge in [0.05, 0.1) is 6.42 Å². The van der Waals surface area contributed by atoms with Crippen LogP contribution in [0.5, 0.6) is 0 Å². The Morgan fingerprint density at radius 3 is 1.44 bits per heavy atom. The van der Waals surface area contributed by atoms with Crippen LogP contribution >= 0.6 is 0 Å². The van der Waals surface area contributed by atoms with Crippen LogP contribution in [0.1, 0.15) is 27.2 Å². The first-order chi connectivity index (χ1) is 14.8. The lowest BCUT2D eigenvalue weighted by molar-refractivity contribution is -0.424. The van der Waals surface area contributed by atoms with Crippen molar-refractivity contribution >= 4 is 11.9 Å². The Kier molecular flexibility index (Phi) is 8.99. The second-order valence-corrected chi connectivity index (χ2v) is 7.28. The standard InChI is InChI=1S/C18H18F12O4/c1-8(2)11(31)33-7-10(34-12(32)9(3)4)6-14(21,22)16(25,26)18(29,30)17(27,28)15(23,24)13(5,19)20/h10H,1,3,6-7H2,2,4-5H3/t10-/m1/s1. The van der Waals surface area contributed by atoms with Gasteiger partial charge in [-0.25, -0.2) is 9.59 Å². The summed E-state index contributed by atoms with van der Waals surface area (Å²) >= 11 is 0. The molecule has 0 aromatic rings. The summed E-state index contributed by atoms with van der Waals surface area (Å²) in [4.78, 5) is 22.8. The fourth-order valence-corrected chi connectivity index (χ4v) is 1.99. The minimum Gasteiger partial charge on any atom is -0.458 e. The summed E-state index contributed by atoms with van der Waals surface area (Å²) in [6, 6.07) is 0. The molecule has 198 valence electrons. The summed E-state index contributed by atoms with van der Waals surface area (Å²) in [7, 11) is 0. The van der Waals surface area contributed by atoms with Gasteiger partial charge >= 0.3 is 47.5 Å². The molecule has 0 aromatic heterocycles. The summed E-state index contributed by atoms with van der Waals surface area (Å²) in [6.45, 7) is 5.44. The van der Waals surface area contributed by atoms with E-state index in [1.54, 1.807) is 0 Å². The molecule has 0 aliphatic heterocycles. The Morgan fingerprint density at radius 2 is 1.09 bits per heavy atom. The van der Waals surface area contributed by atoms with E-state index in [2.05, 4.69) is 22.6 Å². The molecule has 0 heterocycles. The molecule has 0 unspecified atom stereocenters. The Hall–Kier alpha value is -2.42. The molecule has 0 rings (SSSR count). The molecule has 0 spiro atoms. The zero-order valence-electron chi connectivity index (χ0n) is 17.6. The molecule has 0 N–H and O–H groups in total. The van der Waals surface area contributed by atoms with Crippen molar-refractivity contribution in [1.29, 1.82) is 0 Å². The normalized spacial score (nSPS) is 14.9. The van der Waals surface area contributed by atoms with E-state index in [9.17, 15) is 62.3 Å². The van der Waals surface area contributed by atoms with Crippen LogP contribution in [0.3, 0.4) is 0 Å². The average Bonchev–Trinajstić information content (AvgIpc) is 2.63. The highest BCUT2D eigenvalue weighted by Crippen LogP contribution is 2.60. The number of carbonyl (C=O) groups is 2. The van der Waals surface area contributed by atoms with Gasteiger partial charge in [0.2, 0.25) is 0 Å². The second-order valence-electron chi connectivity index (χ2n) is 7.28. The van der Waals surface area contributed by atoms with Crippen LogP contribution in [-0.2, 0) is 19.1 Å². The zero-order chi connectivity index (χ0) is 27.7. The van der Waals surface area contributed by atoms with Gasteiger partial charge in [-0.1, -0.05) is 13.2 Å². The Morgan fingerprint density at radius 1 is 0.706 bits per heavy atom. The molecule has 0 fully saturated rings. The van der Waals surface area contributed by atoms with Crippen molar-refractivity contribution in [1.82, 2.24) is 0 Å². The van der Waals surface area contributed by atoms with E-state index < -0.39 is 84.7 Å². The summed E-state index contributed by atoms with van der Waals surface area (Å²) in [5.74, 6) is -45.5. The number of esters is 2. The van der Waals surface area contributed by atoms with Gasteiger partial charge in [-0.15, -0.1) is 0 Å². The summed E-state index contributed by atoms with van der Waals surface area (Å²) in [5, 5.41) is 0. The van der Waals surface area contributed by atoms with Gasteiger partial charge in [-0.2, -0.15) is 52.7 Å². The molecular formula is C18H18F12O4. The summed E-state index contributed by atoms with van der Waals surface area (Å²) in [6.07, 6.45) is -5.52. The Labute approximate surface area is 184 Å². The van der Waals surface area contributed by atoms with E-state index in [1.807, 2.05) is 0 Å². The molecule has 0 aromatic carbocycles. The number of carbonyl (C=O) groups excluding carboxylic acids is 2. The van der Waals surface area contributed by atoms with Crippen molar-refractivity contribution < 1.29 is 71.7 Å². The van der Waals surface area contributed by atoms with Gasteiger partial charge in [0.15, 0.2) is 0 Å². The predicted octanol–water partition coefficient (Wildman–Crippen LogP) is 5.82. The minimum absolute atomic E-state index is 0.393. The average molecular weight is 526 g/mol. The molecule has 0 amide bonds. The highest BCUT2D eigenvalue weighted by Gasteiger charge is 2.89. The van der Waals surface area contributed by atoms with E-state index in [0.29, 0.717) is 0 Å². The molecule has 0 saturated heterocycles. The lowest BCUT2D eigenvalue weighted by Crippen LogP contribution is -2.70. The molecule has 0 saturated carbocycles. The first-order valence-electron chi connectivity index (χ1n) is 8.74. The van der Waals surface area contributed by atoms with Crippen LogP contribution in [-0.4, -0.2) is 60.2 Å². The number of ether oxygens (including phenoxy) is 2. The van der Waals surface area contributed by atoms with E-state index in [-0.39, 0.29) is 0 Å². The van der Waals surface area contributed by atoms with E-state index in [1.165, 1.54) is 0 Å². The molecule has 0 aliphatic rings. The summed E-state index contributed by atoms with van der Waals surface area (Å²) in [5.41, 5.74) is -0.955. The molecule has 4 nitrogen and oxygen atoms in total. The molecule has 0 radical (unpaired) electrons. The monoisotopic (exact) mass is 526 g/mol. The second kappa shape index (κ2) is 9.68. The third kappa shape index (κ3) is 5.79. The first-order valence-corrected chi connectivity index (χ1v) is 8.74. The summed E-state index contributed by atoms with van der Waals surface area (Å²) < 4.78 is 171. The molecule has 1 atom stereocenters. The highest BCUT2D eigenvalue weighted by molar-refractivity contribution is 5.87. The minimum atomic E-state index is -7.76. The van der Waals surface area contributed by atoms with Crippen molar-refractivity contribution in [3.05, 3.63) is 24.3 Å². The number of halogens is 12. The first kappa shape index (κ1) is 31.6. The van der Waals surface area contributed by atoms with Crippen LogP contribution < -0.4 is 0 Å². The number of rotatable bonds is 12. The number of hydrogen-bond donors (Lipinski definition) is 0. The van der Waals surface area contributed by atoms with Crippen LogP contribution in [0.4, 0.5) is 52.7 Å². The highest BCUT2D eigenvalue weighted by atomic mass is 19.4. The van der Waals surface area contributed by atoms with Crippen molar-refractivity contribution in [2.75, 3.05) is 6.61 Å². The quantitative estimate of drug-likeness (QED) is 0.183. The molecule has 16 heteroatoms. The van der Waals surface area contributed by atoms with E-state index >= 15 is 0 Å². The van der Waals surface area contributed by atoms with Gasteiger partial charge < -0.3 is 9.47 Å². The molecule has 0 bridgehead atoms. The van der Waals surface area contributed by atoms with Gasteiger partial charge in [0.25, 0.3) is 0 Å². The van der Waals surface area contributed by atoms with Crippen LogP contribution in [0, 0.1) is 0 Å². The maximum atomic E-state index is 14.1. The van der Waals surface area contributed by atoms with E-state index in [0.717, 1.165) is 13.8 Å². The van der Waals surface area contributed by atoms with Crippen LogP contribution in [0.25, 0.3) is 0 Å². The molecule has 34 heavy (non-hydrogen) atoms. The Balaban J connectivity index is 6.27. The lowest BCUT2D eigenvalue weighted by Gasteiger charge is -2.41. The fraction of sp³-hybridized carbons (Fsp3) is 0.667. The largest absolute Gasteiger partial charge is 0.458 e. The maximum Gasteiger partial charge on any atom is 0.384 e. The van der Waals surface area contributed by atoms with Gasteiger partial charge in [-0.3, -0.25) is 0 Å². The topological polar surface area (TPSA) is 52.6 Å². The van der Waals surface area contributed by atoms with Crippen molar-refractivity contribution in [3.63, 3.8) is 0 Å².